The molecule has 0 N–H and O–H groups in total. The monoisotopic (exact) mass is 310 g/mol. The van der Waals surface area contributed by atoms with Gasteiger partial charge in [-0.1, -0.05) is 37.6 Å². The van der Waals surface area contributed by atoms with Crippen molar-refractivity contribution in [3.05, 3.63) is 52.7 Å². The van der Waals surface area contributed by atoms with Crippen LogP contribution in [0.3, 0.4) is 0 Å². The van der Waals surface area contributed by atoms with Crippen molar-refractivity contribution in [3.63, 3.8) is 0 Å². The maximum absolute atomic E-state index is 4.96. The minimum atomic E-state index is 0.944. The zero-order chi connectivity index (χ0) is 16.8. The molecule has 0 aliphatic carbocycles. The van der Waals surface area contributed by atoms with Gasteiger partial charge in [0.1, 0.15) is 0 Å². The molecule has 1 aromatic heterocycles. The maximum Gasteiger partial charge on any atom is 0.0711 e. The first-order valence-corrected chi connectivity index (χ1v) is 8.81. The SMILES string of the molecule is CCCN(CCC)Cc1cccc(-c2c(C)cc(C)cc2C)n1. The Hall–Kier alpha value is -1.67. The van der Waals surface area contributed by atoms with Crippen LogP contribution in [0.15, 0.2) is 30.3 Å². The summed E-state index contributed by atoms with van der Waals surface area (Å²) in [5.74, 6) is 0. The van der Waals surface area contributed by atoms with Crippen LogP contribution >= 0.6 is 0 Å². The summed E-state index contributed by atoms with van der Waals surface area (Å²) in [4.78, 5) is 7.46. The summed E-state index contributed by atoms with van der Waals surface area (Å²) in [6, 6.07) is 10.9. The first-order valence-electron chi connectivity index (χ1n) is 8.81. The molecule has 0 aliphatic rings. The smallest absolute Gasteiger partial charge is 0.0711 e. The van der Waals surface area contributed by atoms with E-state index in [-0.39, 0.29) is 0 Å². The highest BCUT2D eigenvalue weighted by atomic mass is 15.1. The fourth-order valence-electron chi connectivity index (χ4n) is 3.42. The van der Waals surface area contributed by atoms with Crippen LogP contribution in [-0.4, -0.2) is 23.0 Å². The third-order valence-corrected chi connectivity index (χ3v) is 4.21. The van der Waals surface area contributed by atoms with Gasteiger partial charge in [-0.3, -0.25) is 9.88 Å². The lowest BCUT2D eigenvalue weighted by molar-refractivity contribution is 0.263. The fourth-order valence-corrected chi connectivity index (χ4v) is 3.42. The molecule has 0 fully saturated rings. The summed E-state index contributed by atoms with van der Waals surface area (Å²) >= 11 is 0. The number of benzene rings is 1. The van der Waals surface area contributed by atoms with Crippen LogP contribution in [0.1, 0.15) is 49.1 Å². The van der Waals surface area contributed by atoms with Crippen LogP contribution in [0.25, 0.3) is 11.3 Å². The summed E-state index contributed by atoms with van der Waals surface area (Å²) in [5.41, 5.74) is 7.50. The molecular weight excluding hydrogens is 280 g/mol. The third kappa shape index (κ3) is 4.65. The molecule has 124 valence electrons. The highest BCUT2D eigenvalue weighted by Gasteiger charge is 2.10. The summed E-state index contributed by atoms with van der Waals surface area (Å²) < 4.78 is 0. The van der Waals surface area contributed by atoms with E-state index in [1.54, 1.807) is 0 Å². The third-order valence-electron chi connectivity index (χ3n) is 4.21. The molecule has 0 bridgehead atoms. The summed E-state index contributed by atoms with van der Waals surface area (Å²) in [6.45, 7) is 14.2. The first-order chi connectivity index (χ1) is 11.0. The van der Waals surface area contributed by atoms with Gasteiger partial charge in [-0.05, 0) is 70.0 Å². The zero-order valence-electron chi connectivity index (χ0n) is 15.3. The van der Waals surface area contributed by atoms with Crippen LogP contribution in [0, 0.1) is 20.8 Å². The number of hydrogen-bond acceptors (Lipinski definition) is 2. The van der Waals surface area contributed by atoms with E-state index in [0.29, 0.717) is 0 Å². The van der Waals surface area contributed by atoms with Crippen molar-refractivity contribution >= 4 is 0 Å². The summed E-state index contributed by atoms with van der Waals surface area (Å²) in [5, 5.41) is 0. The molecule has 0 amide bonds. The van der Waals surface area contributed by atoms with E-state index in [1.807, 2.05) is 0 Å². The van der Waals surface area contributed by atoms with Crippen molar-refractivity contribution in [2.24, 2.45) is 0 Å². The molecule has 0 atom stereocenters. The Kier molecular flexibility index (Phi) is 6.35. The van der Waals surface area contributed by atoms with E-state index in [2.05, 4.69) is 69.9 Å². The van der Waals surface area contributed by atoms with Crippen LogP contribution < -0.4 is 0 Å². The molecular formula is C21H30N2. The predicted octanol–water partition coefficient (Wildman–Crippen LogP) is 5.30. The minimum absolute atomic E-state index is 0.944. The second kappa shape index (κ2) is 8.26. The van der Waals surface area contributed by atoms with Crippen molar-refractivity contribution in [2.45, 2.75) is 54.0 Å². The molecule has 23 heavy (non-hydrogen) atoms. The van der Waals surface area contributed by atoms with Crippen LogP contribution in [-0.2, 0) is 6.54 Å². The van der Waals surface area contributed by atoms with Crippen molar-refractivity contribution in [2.75, 3.05) is 13.1 Å². The Morgan fingerprint density at radius 2 is 1.52 bits per heavy atom. The van der Waals surface area contributed by atoms with E-state index in [9.17, 15) is 0 Å². The molecule has 0 aliphatic heterocycles. The normalized spacial score (nSPS) is 11.2. The average Bonchev–Trinajstić information content (AvgIpc) is 2.47. The van der Waals surface area contributed by atoms with Gasteiger partial charge in [0.05, 0.1) is 11.4 Å². The quantitative estimate of drug-likeness (QED) is 0.690. The Morgan fingerprint density at radius 3 is 2.09 bits per heavy atom. The minimum Gasteiger partial charge on any atom is -0.298 e. The van der Waals surface area contributed by atoms with Crippen molar-refractivity contribution in [1.29, 1.82) is 0 Å². The molecule has 1 heterocycles. The largest absolute Gasteiger partial charge is 0.298 e. The highest BCUT2D eigenvalue weighted by Crippen LogP contribution is 2.27. The van der Waals surface area contributed by atoms with Crippen LogP contribution in [0.4, 0.5) is 0 Å². The lowest BCUT2D eigenvalue weighted by Gasteiger charge is -2.21. The van der Waals surface area contributed by atoms with Gasteiger partial charge < -0.3 is 0 Å². The Balaban J connectivity index is 2.30. The number of rotatable bonds is 7. The van der Waals surface area contributed by atoms with E-state index < -0.39 is 0 Å². The van der Waals surface area contributed by atoms with E-state index in [0.717, 1.165) is 25.3 Å². The van der Waals surface area contributed by atoms with Crippen molar-refractivity contribution in [3.8, 4) is 11.3 Å². The second-order valence-corrected chi connectivity index (χ2v) is 6.56. The van der Waals surface area contributed by atoms with Gasteiger partial charge in [0.2, 0.25) is 0 Å². The second-order valence-electron chi connectivity index (χ2n) is 6.56. The lowest BCUT2D eigenvalue weighted by Crippen LogP contribution is -2.25. The Bertz CT molecular complexity index is 617. The molecule has 2 rings (SSSR count). The molecule has 0 saturated carbocycles. The predicted molar refractivity (Wildman–Crippen MR) is 99.7 cm³/mol. The lowest BCUT2D eigenvalue weighted by atomic mass is 9.97. The Morgan fingerprint density at radius 1 is 0.913 bits per heavy atom. The topological polar surface area (TPSA) is 16.1 Å². The molecule has 0 unspecified atom stereocenters. The zero-order valence-corrected chi connectivity index (χ0v) is 15.3. The van der Waals surface area contributed by atoms with Gasteiger partial charge in [-0.2, -0.15) is 0 Å². The molecule has 2 heteroatoms. The van der Waals surface area contributed by atoms with E-state index in [4.69, 9.17) is 4.98 Å². The standard InChI is InChI=1S/C21H30N2/c1-6-11-23(12-7-2)15-19-9-8-10-20(22-19)21-17(4)13-16(3)14-18(21)5/h8-10,13-14H,6-7,11-12,15H2,1-5H3. The molecule has 2 nitrogen and oxygen atoms in total. The van der Waals surface area contributed by atoms with Gasteiger partial charge in [-0.25, -0.2) is 0 Å². The maximum atomic E-state index is 4.96. The number of hydrogen-bond donors (Lipinski definition) is 0. The van der Waals surface area contributed by atoms with Crippen molar-refractivity contribution < 1.29 is 0 Å². The number of aromatic nitrogens is 1. The molecule has 0 spiro atoms. The van der Waals surface area contributed by atoms with E-state index in [1.165, 1.54) is 40.8 Å². The fraction of sp³-hybridized carbons (Fsp3) is 0.476. The van der Waals surface area contributed by atoms with Crippen molar-refractivity contribution in [1.82, 2.24) is 9.88 Å². The Labute approximate surface area is 141 Å². The molecule has 1 aromatic carbocycles. The van der Waals surface area contributed by atoms with Gasteiger partial charge in [0.15, 0.2) is 0 Å². The highest BCUT2D eigenvalue weighted by molar-refractivity contribution is 5.68. The summed E-state index contributed by atoms with van der Waals surface area (Å²) in [7, 11) is 0. The number of aryl methyl sites for hydroxylation is 3. The van der Waals surface area contributed by atoms with E-state index >= 15 is 0 Å². The molecule has 0 saturated heterocycles. The van der Waals surface area contributed by atoms with Gasteiger partial charge >= 0.3 is 0 Å². The average molecular weight is 310 g/mol. The molecule has 2 aromatic rings. The van der Waals surface area contributed by atoms with Gasteiger partial charge in [0.25, 0.3) is 0 Å². The van der Waals surface area contributed by atoms with Gasteiger partial charge in [0, 0.05) is 12.1 Å². The van der Waals surface area contributed by atoms with Crippen LogP contribution in [0.5, 0.6) is 0 Å². The number of nitrogens with zero attached hydrogens (tertiary/aromatic N) is 2. The summed E-state index contributed by atoms with van der Waals surface area (Å²) in [6.07, 6.45) is 2.38. The van der Waals surface area contributed by atoms with Gasteiger partial charge in [-0.15, -0.1) is 0 Å². The molecule has 0 radical (unpaired) electrons. The first kappa shape index (κ1) is 17.7. The number of pyridine rings is 1. The van der Waals surface area contributed by atoms with Crippen LogP contribution in [0.2, 0.25) is 0 Å².